The van der Waals surface area contributed by atoms with Crippen LogP contribution < -0.4 is 4.72 Å². The summed E-state index contributed by atoms with van der Waals surface area (Å²) in [5.41, 5.74) is 2.23. The van der Waals surface area contributed by atoms with E-state index in [0.29, 0.717) is 5.56 Å². The zero-order chi connectivity index (χ0) is 17.9. The van der Waals surface area contributed by atoms with Gasteiger partial charge in [-0.2, -0.15) is 0 Å². The summed E-state index contributed by atoms with van der Waals surface area (Å²) in [6, 6.07) is 9.35. The van der Waals surface area contributed by atoms with Crippen molar-refractivity contribution in [1.82, 2.24) is 4.72 Å². The minimum atomic E-state index is -3.67. The number of furan rings is 1. The highest BCUT2D eigenvalue weighted by atomic mass is 32.2. The van der Waals surface area contributed by atoms with E-state index in [1.54, 1.807) is 12.5 Å². The number of hydrogen-bond donors (Lipinski definition) is 1. The van der Waals surface area contributed by atoms with Gasteiger partial charge in [0.15, 0.2) is 0 Å². The third-order valence-electron chi connectivity index (χ3n) is 3.53. The van der Waals surface area contributed by atoms with Crippen LogP contribution in [-0.4, -0.2) is 21.5 Å². The highest BCUT2D eigenvalue weighted by molar-refractivity contribution is 7.89. The SMILES string of the molecule is COC(=O)c1ccc(S(=O)(=O)NCc2cc(-c3ccoc3)cs2)cc1. The molecular weight excluding hydrogens is 362 g/mol. The lowest BCUT2D eigenvalue weighted by Crippen LogP contribution is -2.22. The van der Waals surface area contributed by atoms with Crippen LogP contribution in [0, 0.1) is 0 Å². The molecule has 6 nitrogen and oxygen atoms in total. The highest BCUT2D eigenvalue weighted by Gasteiger charge is 2.15. The number of rotatable bonds is 6. The van der Waals surface area contributed by atoms with Gasteiger partial charge in [0.25, 0.3) is 0 Å². The second kappa shape index (κ2) is 7.22. The van der Waals surface area contributed by atoms with E-state index in [9.17, 15) is 13.2 Å². The van der Waals surface area contributed by atoms with Gasteiger partial charge in [0.1, 0.15) is 0 Å². The molecule has 1 aromatic carbocycles. The van der Waals surface area contributed by atoms with E-state index in [0.717, 1.165) is 16.0 Å². The second-order valence-corrected chi connectivity index (χ2v) is 7.92. The molecule has 25 heavy (non-hydrogen) atoms. The summed E-state index contributed by atoms with van der Waals surface area (Å²) in [7, 11) is -2.39. The summed E-state index contributed by atoms with van der Waals surface area (Å²) in [4.78, 5) is 12.4. The summed E-state index contributed by atoms with van der Waals surface area (Å²) in [5, 5.41) is 1.94. The first-order valence-corrected chi connectivity index (χ1v) is 9.64. The lowest BCUT2D eigenvalue weighted by Gasteiger charge is -2.06. The predicted molar refractivity (Wildman–Crippen MR) is 93.8 cm³/mol. The lowest BCUT2D eigenvalue weighted by atomic mass is 10.2. The Morgan fingerprint density at radius 3 is 2.60 bits per heavy atom. The Morgan fingerprint density at radius 1 is 1.20 bits per heavy atom. The van der Waals surface area contributed by atoms with Crippen molar-refractivity contribution < 1.29 is 22.4 Å². The van der Waals surface area contributed by atoms with Crippen molar-refractivity contribution in [2.24, 2.45) is 0 Å². The second-order valence-electron chi connectivity index (χ2n) is 5.15. The number of hydrogen-bond acceptors (Lipinski definition) is 6. The van der Waals surface area contributed by atoms with Crippen LogP contribution in [0.2, 0.25) is 0 Å². The molecule has 0 amide bonds. The van der Waals surface area contributed by atoms with Gasteiger partial charge in [-0.3, -0.25) is 0 Å². The Kier molecular flexibility index (Phi) is 5.03. The number of ether oxygens (including phenoxy) is 1. The summed E-state index contributed by atoms with van der Waals surface area (Å²) < 4.78 is 36.9. The van der Waals surface area contributed by atoms with Crippen molar-refractivity contribution >= 4 is 27.3 Å². The lowest BCUT2D eigenvalue weighted by molar-refractivity contribution is 0.0600. The summed E-state index contributed by atoms with van der Waals surface area (Å²) in [6.07, 6.45) is 3.23. The van der Waals surface area contributed by atoms with Crippen LogP contribution >= 0.6 is 11.3 Å². The van der Waals surface area contributed by atoms with Gasteiger partial charge >= 0.3 is 5.97 Å². The fourth-order valence-corrected chi connectivity index (χ4v) is 4.12. The highest BCUT2D eigenvalue weighted by Crippen LogP contribution is 2.26. The van der Waals surface area contributed by atoms with Crippen LogP contribution in [0.4, 0.5) is 0 Å². The average molecular weight is 377 g/mol. The zero-order valence-corrected chi connectivity index (χ0v) is 14.9. The van der Waals surface area contributed by atoms with Crippen LogP contribution in [0.1, 0.15) is 15.2 Å². The van der Waals surface area contributed by atoms with Gasteiger partial charge in [0.05, 0.1) is 30.1 Å². The predicted octanol–water partition coefficient (Wildman–Crippen LogP) is 3.27. The van der Waals surface area contributed by atoms with Crippen LogP contribution in [0.25, 0.3) is 11.1 Å². The Labute approximate surface area is 149 Å². The van der Waals surface area contributed by atoms with Gasteiger partial charge in [-0.05, 0) is 47.3 Å². The van der Waals surface area contributed by atoms with Crippen molar-refractivity contribution in [3.8, 4) is 11.1 Å². The molecular formula is C17H15NO5S2. The van der Waals surface area contributed by atoms with Gasteiger partial charge in [-0.15, -0.1) is 11.3 Å². The van der Waals surface area contributed by atoms with Gasteiger partial charge < -0.3 is 9.15 Å². The van der Waals surface area contributed by atoms with Crippen molar-refractivity contribution in [1.29, 1.82) is 0 Å². The van der Waals surface area contributed by atoms with Gasteiger partial charge in [0, 0.05) is 17.0 Å². The molecule has 0 atom stereocenters. The maximum absolute atomic E-state index is 12.4. The number of thiophene rings is 1. The van der Waals surface area contributed by atoms with Gasteiger partial charge in [0.2, 0.25) is 10.0 Å². The zero-order valence-electron chi connectivity index (χ0n) is 13.3. The molecule has 3 rings (SSSR count). The third kappa shape index (κ3) is 3.98. The fourth-order valence-electron chi connectivity index (χ4n) is 2.19. The molecule has 0 bridgehead atoms. The molecule has 0 radical (unpaired) electrons. The smallest absolute Gasteiger partial charge is 0.337 e. The first-order chi connectivity index (χ1) is 12.0. The molecule has 0 aliphatic heterocycles. The quantitative estimate of drug-likeness (QED) is 0.666. The topological polar surface area (TPSA) is 85.6 Å². The van der Waals surface area contributed by atoms with Gasteiger partial charge in [-0.1, -0.05) is 0 Å². The number of nitrogens with one attached hydrogen (secondary N) is 1. The molecule has 3 aromatic rings. The number of sulfonamides is 1. The number of carbonyl (C=O) groups is 1. The van der Waals surface area contributed by atoms with Crippen molar-refractivity contribution in [3.05, 3.63) is 64.7 Å². The molecule has 0 fully saturated rings. The van der Waals surface area contributed by atoms with Crippen LogP contribution in [-0.2, 0) is 21.3 Å². The molecule has 2 aromatic heterocycles. The Morgan fingerprint density at radius 2 is 1.96 bits per heavy atom. The average Bonchev–Trinajstić information content (AvgIpc) is 3.30. The molecule has 0 saturated heterocycles. The number of methoxy groups -OCH3 is 1. The van der Waals surface area contributed by atoms with Crippen molar-refractivity contribution in [2.75, 3.05) is 7.11 Å². The maximum Gasteiger partial charge on any atom is 0.337 e. The van der Waals surface area contributed by atoms with Crippen LogP contribution in [0.15, 0.2) is 63.6 Å². The first kappa shape index (κ1) is 17.4. The Balaban J connectivity index is 1.68. The molecule has 2 heterocycles. The molecule has 8 heteroatoms. The van der Waals surface area contributed by atoms with Crippen LogP contribution in [0.3, 0.4) is 0 Å². The molecule has 1 N–H and O–H groups in total. The molecule has 0 aliphatic carbocycles. The Hall–Kier alpha value is -2.42. The monoisotopic (exact) mass is 377 g/mol. The molecule has 130 valence electrons. The molecule has 0 aliphatic rings. The first-order valence-electron chi connectivity index (χ1n) is 7.27. The van der Waals surface area contributed by atoms with Crippen molar-refractivity contribution in [3.63, 3.8) is 0 Å². The van der Waals surface area contributed by atoms with E-state index in [2.05, 4.69) is 9.46 Å². The fraction of sp³-hybridized carbons (Fsp3) is 0.118. The Bertz CT molecular complexity index is 957. The normalized spacial score (nSPS) is 11.4. The van der Waals surface area contributed by atoms with Crippen molar-refractivity contribution in [2.45, 2.75) is 11.4 Å². The molecule has 0 spiro atoms. The maximum atomic E-state index is 12.4. The van der Waals surface area contributed by atoms with E-state index >= 15 is 0 Å². The van der Waals surface area contributed by atoms with E-state index in [1.807, 2.05) is 17.5 Å². The van der Waals surface area contributed by atoms with E-state index in [-0.39, 0.29) is 11.4 Å². The van der Waals surface area contributed by atoms with Crippen LogP contribution in [0.5, 0.6) is 0 Å². The van der Waals surface area contributed by atoms with E-state index in [4.69, 9.17) is 4.42 Å². The standard InChI is InChI=1S/C17H15NO5S2/c1-22-17(19)12-2-4-16(5-3-12)25(20,21)18-9-15-8-14(11-24-15)13-6-7-23-10-13/h2-8,10-11,18H,9H2,1H3. The van der Waals surface area contributed by atoms with Gasteiger partial charge in [-0.25, -0.2) is 17.9 Å². The molecule has 0 saturated carbocycles. The molecule has 0 unspecified atom stereocenters. The van der Waals surface area contributed by atoms with E-state index in [1.165, 1.54) is 42.7 Å². The summed E-state index contributed by atoms with van der Waals surface area (Å²) in [5.74, 6) is -0.512. The number of carbonyl (C=O) groups excluding carboxylic acids is 1. The largest absolute Gasteiger partial charge is 0.472 e. The summed E-state index contributed by atoms with van der Waals surface area (Å²) in [6.45, 7) is 0.184. The third-order valence-corrected chi connectivity index (χ3v) is 5.88. The minimum Gasteiger partial charge on any atom is -0.472 e. The number of benzene rings is 1. The minimum absolute atomic E-state index is 0.0896. The number of esters is 1. The summed E-state index contributed by atoms with van der Waals surface area (Å²) >= 11 is 1.46. The van der Waals surface area contributed by atoms with E-state index < -0.39 is 16.0 Å².